The van der Waals surface area contributed by atoms with Crippen molar-refractivity contribution in [3.63, 3.8) is 0 Å². The number of rotatable bonds is 4. The third kappa shape index (κ3) is 4.68. The number of allylic oxidation sites excluding steroid dienone is 1. The van der Waals surface area contributed by atoms with Crippen molar-refractivity contribution in [1.82, 2.24) is 4.90 Å². The standard InChI is InChI=1S/C21H29BrN2O2/c1-21(2)9-8-17(19(22)14-21)15-23-10-12-24(13-11-23)18-6-4-16(5-7-18)20(25)26-3/h4-7H,8-15H2,1-3H3. The van der Waals surface area contributed by atoms with Crippen molar-refractivity contribution in [2.24, 2.45) is 5.41 Å². The van der Waals surface area contributed by atoms with Crippen molar-refractivity contribution in [3.05, 3.63) is 39.9 Å². The molecule has 1 saturated heterocycles. The molecule has 4 nitrogen and oxygen atoms in total. The molecular formula is C21H29BrN2O2. The van der Waals surface area contributed by atoms with E-state index in [9.17, 15) is 4.79 Å². The first-order valence-electron chi connectivity index (χ1n) is 9.40. The number of benzene rings is 1. The maximum atomic E-state index is 11.5. The Hall–Kier alpha value is -1.33. The average Bonchev–Trinajstić information content (AvgIpc) is 2.64. The molecule has 0 saturated carbocycles. The van der Waals surface area contributed by atoms with E-state index in [1.54, 1.807) is 5.57 Å². The predicted molar refractivity (Wildman–Crippen MR) is 110 cm³/mol. The number of hydrogen-bond acceptors (Lipinski definition) is 4. The number of ether oxygens (including phenoxy) is 1. The number of carbonyl (C=O) groups excluding carboxylic acids is 1. The zero-order chi connectivity index (χ0) is 18.7. The summed E-state index contributed by atoms with van der Waals surface area (Å²) in [6.45, 7) is 10.00. The second-order valence-electron chi connectivity index (χ2n) is 8.15. The molecule has 0 bridgehead atoms. The highest BCUT2D eigenvalue weighted by Gasteiger charge is 2.27. The zero-order valence-electron chi connectivity index (χ0n) is 16.1. The molecule has 0 spiro atoms. The fraction of sp³-hybridized carbons (Fsp3) is 0.571. The van der Waals surface area contributed by atoms with Gasteiger partial charge in [-0.25, -0.2) is 4.79 Å². The van der Waals surface area contributed by atoms with E-state index in [0.717, 1.165) is 39.1 Å². The van der Waals surface area contributed by atoms with Crippen molar-refractivity contribution in [2.75, 3.05) is 44.7 Å². The number of carbonyl (C=O) groups is 1. The van der Waals surface area contributed by atoms with Crippen molar-refractivity contribution < 1.29 is 9.53 Å². The van der Waals surface area contributed by atoms with Gasteiger partial charge in [0.25, 0.3) is 0 Å². The maximum Gasteiger partial charge on any atom is 0.337 e. The molecule has 0 N–H and O–H groups in total. The maximum absolute atomic E-state index is 11.5. The van der Waals surface area contributed by atoms with Gasteiger partial charge in [-0.2, -0.15) is 0 Å². The van der Waals surface area contributed by atoms with Gasteiger partial charge in [0.15, 0.2) is 0 Å². The topological polar surface area (TPSA) is 32.8 Å². The highest BCUT2D eigenvalue weighted by atomic mass is 79.9. The highest BCUT2D eigenvalue weighted by Crippen LogP contribution is 2.41. The van der Waals surface area contributed by atoms with Crippen LogP contribution in [0.25, 0.3) is 0 Å². The van der Waals surface area contributed by atoms with Crippen LogP contribution in [0.1, 0.15) is 43.5 Å². The fourth-order valence-electron chi connectivity index (χ4n) is 3.78. The number of nitrogens with zero attached hydrogens (tertiary/aromatic N) is 2. The molecule has 0 radical (unpaired) electrons. The lowest BCUT2D eigenvalue weighted by atomic mass is 9.78. The van der Waals surface area contributed by atoms with E-state index in [4.69, 9.17) is 4.74 Å². The second-order valence-corrected chi connectivity index (χ2v) is 9.11. The Kier molecular flexibility index (Phi) is 6.08. The van der Waals surface area contributed by atoms with Gasteiger partial charge in [0.1, 0.15) is 0 Å². The molecule has 0 unspecified atom stereocenters. The van der Waals surface area contributed by atoms with Crippen LogP contribution in [0.15, 0.2) is 34.3 Å². The van der Waals surface area contributed by atoms with Crippen LogP contribution in [0.3, 0.4) is 0 Å². The van der Waals surface area contributed by atoms with Gasteiger partial charge in [0.2, 0.25) is 0 Å². The van der Waals surface area contributed by atoms with Crippen molar-refractivity contribution >= 4 is 27.6 Å². The van der Waals surface area contributed by atoms with E-state index in [1.165, 1.54) is 30.1 Å². The van der Waals surface area contributed by atoms with Gasteiger partial charge < -0.3 is 9.64 Å². The van der Waals surface area contributed by atoms with Crippen LogP contribution < -0.4 is 4.90 Å². The van der Waals surface area contributed by atoms with E-state index >= 15 is 0 Å². The smallest absolute Gasteiger partial charge is 0.337 e. The summed E-state index contributed by atoms with van der Waals surface area (Å²) in [5, 5.41) is 0. The minimum atomic E-state index is -0.282. The van der Waals surface area contributed by atoms with Crippen LogP contribution in [0.2, 0.25) is 0 Å². The third-order valence-corrected chi connectivity index (χ3v) is 6.40. The van der Waals surface area contributed by atoms with Crippen molar-refractivity contribution in [1.29, 1.82) is 0 Å². The summed E-state index contributed by atoms with van der Waals surface area (Å²) >= 11 is 3.83. The van der Waals surface area contributed by atoms with Crippen molar-refractivity contribution in [2.45, 2.75) is 33.1 Å². The summed E-state index contributed by atoms with van der Waals surface area (Å²) in [5.41, 5.74) is 3.79. The zero-order valence-corrected chi connectivity index (χ0v) is 17.6. The number of hydrogen-bond donors (Lipinski definition) is 0. The normalized spacial score (nSPS) is 21.0. The van der Waals surface area contributed by atoms with Crippen LogP contribution >= 0.6 is 15.9 Å². The minimum absolute atomic E-state index is 0.282. The summed E-state index contributed by atoms with van der Waals surface area (Å²) in [7, 11) is 1.41. The summed E-state index contributed by atoms with van der Waals surface area (Å²) in [6.07, 6.45) is 3.65. The van der Waals surface area contributed by atoms with Gasteiger partial charge in [-0.15, -0.1) is 0 Å². The highest BCUT2D eigenvalue weighted by molar-refractivity contribution is 9.11. The Labute approximate surface area is 165 Å². The first-order valence-corrected chi connectivity index (χ1v) is 10.2. The average molecular weight is 421 g/mol. The van der Waals surface area contributed by atoms with Gasteiger partial charge in [0, 0.05) is 38.4 Å². The minimum Gasteiger partial charge on any atom is -0.465 e. The largest absolute Gasteiger partial charge is 0.465 e. The van der Waals surface area contributed by atoms with Crippen LogP contribution in [0.5, 0.6) is 0 Å². The number of esters is 1. The Morgan fingerprint density at radius 1 is 1.15 bits per heavy atom. The Morgan fingerprint density at radius 3 is 2.38 bits per heavy atom. The molecule has 3 rings (SSSR count). The first-order chi connectivity index (χ1) is 12.4. The van der Waals surface area contributed by atoms with E-state index in [1.807, 2.05) is 24.3 Å². The van der Waals surface area contributed by atoms with E-state index in [0.29, 0.717) is 11.0 Å². The van der Waals surface area contributed by atoms with Gasteiger partial charge in [-0.1, -0.05) is 29.8 Å². The molecule has 1 aromatic rings. The third-order valence-electron chi connectivity index (χ3n) is 5.56. The molecule has 0 aromatic heterocycles. The Balaban J connectivity index is 1.54. The molecule has 5 heteroatoms. The van der Waals surface area contributed by atoms with Gasteiger partial charge in [-0.3, -0.25) is 4.90 Å². The molecule has 1 heterocycles. The van der Waals surface area contributed by atoms with Crippen LogP contribution in [0.4, 0.5) is 5.69 Å². The molecule has 26 heavy (non-hydrogen) atoms. The molecule has 142 valence electrons. The Morgan fingerprint density at radius 2 is 1.81 bits per heavy atom. The predicted octanol–water partition coefficient (Wildman–Crippen LogP) is 4.45. The summed E-state index contributed by atoms with van der Waals surface area (Å²) < 4.78 is 6.19. The van der Waals surface area contributed by atoms with Crippen molar-refractivity contribution in [3.8, 4) is 0 Å². The fourth-order valence-corrected chi connectivity index (χ4v) is 4.87. The molecule has 1 fully saturated rings. The summed E-state index contributed by atoms with van der Waals surface area (Å²) in [4.78, 5) is 16.5. The SMILES string of the molecule is COC(=O)c1ccc(N2CCN(CC3=C(Br)CC(C)(C)CC3)CC2)cc1. The molecular weight excluding hydrogens is 392 g/mol. The monoisotopic (exact) mass is 420 g/mol. The Bertz CT molecular complexity index is 674. The lowest BCUT2D eigenvalue weighted by Gasteiger charge is -2.38. The summed E-state index contributed by atoms with van der Waals surface area (Å²) in [5.74, 6) is -0.282. The quantitative estimate of drug-likeness (QED) is 0.673. The van der Waals surface area contributed by atoms with Crippen LogP contribution in [0, 0.1) is 5.41 Å². The second kappa shape index (κ2) is 8.13. The first kappa shape index (κ1) is 19.4. The molecule has 2 aliphatic rings. The number of halogens is 1. The van der Waals surface area contributed by atoms with Gasteiger partial charge >= 0.3 is 5.97 Å². The van der Waals surface area contributed by atoms with Crippen LogP contribution in [-0.2, 0) is 4.74 Å². The molecule has 1 aromatic carbocycles. The van der Waals surface area contributed by atoms with E-state index < -0.39 is 0 Å². The number of anilines is 1. The molecule has 0 atom stereocenters. The lowest BCUT2D eigenvalue weighted by molar-refractivity contribution is 0.0601. The lowest BCUT2D eigenvalue weighted by Crippen LogP contribution is -2.47. The van der Waals surface area contributed by atoms with E-state index in [-0.39, 0.29) is 5.97 Å². The number of piperazine rings is 1. The van der Waals surface area contributed by atoms with Crippen LogP contribution in [-0.4, -0.2) is 50.7 Å². The summed E-state index contributed by atoms with van der Waals surface area (Å²) in [6, 6.07) is 7.73. The number of methoxy groups -OCH3 is 1. The van der Waals surface area contributed by atoms with Gasteiger partial charge in [0.05, 0.1) is 12.7 Å². The molecule has 1 aliphatic heterocycles. The molecule has 0 amide bonds. The van der Waals surface area contributed by atoms with E-state index in [2.05, 4.69) is 39.6 Å². The van der Waals surface area contributed by atoms with Gasteiger partial charge in [-0.05, 0) is 59.0 Å². The molecule has 1 aliphatic carbocycles.